The van der Waals surface area contributed by atoms with Gasteiger partial charge in [-0.2, -0.15) is 13.8 Å². The summed E-state index contributed by atoms with van der Waals surface area (Å²) in [5, 5.41) is 2.34. The summed E-state index contributed by atoms with van der Waals surface area (Å²) in [5.41, 5.74) is 4.67. The van der Waals surface area contributed by atoms with Crippen LogP contribution in [0.4, 0.5) is 25.1 Å². The van der Waals surface area contributed by atoms with Gasteiger partial charge in [0.05, 0.1) is 17.8 Å². The zero-order valence-corrected chi connectivity index (χ0v) is 16.5. The van der Waals surface area contributed by atoms with Gasteiger partial charge in [0, 0.05) is 30.9 Å². The average molecular weight is 457 g/mol. The molecule has 1 amide bonds. The van der Waals surface area contributed by atoms with Crippen molar-refractivity contribution in [2.24, 2.45) is 0 Å². The number of hydrogen-bond donors (Lipinski definition) is 2. The molecule has 4 aromatic rings. The predicted molar refractivity (Wildman–Crippen MR) is 108 cm³/mol. The lowest BCUT2D eigenvalue weighted by atomic mass is 9.92. The number of halogens is 3. The number of pyridine rings is 2. The quantitative estimate of drug-likeness (QED) is 0.450. The number of anilines is 2. The monoisotopic (exact) mass is 457 g/mol. The summed E-state index contributed by atoms with van der Waals surface area (Å²) in [7, 11) is 0. The van der Waals surface area contributed by atoms with Crippen LogP contribution in [0.5, 0.6) is 0 Å². The van der Waals surface area contributed by atoms with Crippen molar-refractivity contribution in [3.63, 3.8) is 0 Å². The van der Waals surface area contributed by atoms with E-state index in [2.05, 4.69) is 25.3 Å². The lowest BCUT2D eigenvalue weighted by Gasteiger charge is -2.17. The Morgan fingerprint density at radius 3 is 2.64 bits per heavy atom. The fraction of sp³-hybridized carbons (Fsp3) is 0.100. The number of hydrogen-bond acceptors (Lipinski definition) is 8. The predicted octanol–water partition coefficient (Wildman–Crippen LogP) is 2.57. The van der Waals surface area contributed by atoms with Crippen molar-refractivity contribution in [2.45, 2.75) is 12.5 Å². The molecule has 3 N–H and O–H groups in total. The van der Waals surface area contributed by atoms with E-state index in [1.165, 1.54) is 36.9 Å². The van der Waals surface area contributed by atoms with Gasteiger partial charge in [0.2, 0.25) is 5.88 Å². The van der Waals surface area contributed by atoms with E-state index >= 15 is 0 Å². The number of oxazole rings is 1. The maximum absolute atomic E-state index is 14.7. The highest BCUT2D eigenvalue weighted by Gasteiger charge is 2.29. The van der Waals surface area contributed by atoms with Crippen LogP contribution in [0.2, 0.25) is 0 Å². The van der Waals surface area contributed by atoms with Crippen molar-refractivity contribution in [3.05, 3.63) is 94.1 Å². The number of carbonyl (C=O) groups is 1. The lowest BCUT2D eigenvalue weighted by molar-refractivity contribution is 0.0660. The first-order valence-electron chi connectivity index (χ1n) is 9.29. The van der Waals surface area contributed by atoms with Crippen LogP contribution in [-0.2, 0) is 0 Å². The van der Waals surface area contributed by atoms with Crippen molar-refractivity contribution >= 4 is 17.8 Å². The Balaban J connectivity index is 1.79. The Morgan fingerprint density at radius 2 is 1.94 bits per heavy atom. The zero-order chi connectivity index (χ0) is 23.5. The fourth-order valence-corrected chi connectivity index (χ4v) is 3.08. The minimum atomic E-state index is -3.14. The lowest BCUT2D eigenvalue weighted by Crippen LogP contribution is -2.21. The topological polar surface area (TPSA) is 142 Å². The average Bonchev–Trinajstić information content (AvgIpc) is 3.16. The van der Waals surface area contributed by atoms with Gasteiger partial charge in [0.25, 0.3) is 11.5 Å². The van der Waals surface area contributed by atoms with Crippen LogP contribution in [0.15, 0.2) is 64.5 Å². The molecule has 0 aliphatic heterocycles. The van der Waals surface area contributed by atoms with Crippen molar-refractivity contribution in [2.75, 3.05) is 11.1 Å². The molecule has 0 bridgehead atoms. The Morgan fingerprint density at radius 1 is 1.12 bits per heavy atom. The molecule has 0 aliphatic carbocycles. The van der Waals surface area contributed by atoms with Crippen LogP contribution in [0, 0.1) is 5.82 Å². The Kier molecular flexibility index (Phi) is 5.85. The number of alkyl halides is 2. The second kappa shape index (κ2) is 8.90. The third-order valence-electron chi connectivity index (χ3n) is 4.54. The number of nitrogens with two attached hydrogens (primary N) is 1. The first kappa shape index (κ1) is 21.7. The highest BCUT2D eigenvalue weighted by molar-refractivity contribution is 6.01. The first-order chi connectivity index (χ1) is 15.8. The molecule has 1 unspecified atom stereocenters. The minimum absolute atomic E-state index is 0.0350. The Bertz CT molecular complexity index is 1360. The molecule has 0 aliphatic rings. The van der Waals surface area contributed by atoms with E-state index in [1.807, 2.05) is 0 Å². The number of aromatic nitrogens is 5. The standard InChI is InChI=1S/C20H14F3N7O3/c21-11-2-1-5-27-15(11)14(10-3-4-13(31)30(9-10)19(22)23)16-17(24)33-20(28-16)29-18(32)12-8-25-6-7-26-12/h1-9,14,19H,24H2,(H,28,29,32). The number of nitrogens with zero attached hydrogens (tertiary/aromatic N) is 5. The molecule has 0 saturated carbocycles. The summed E-state index contributed by atoms with van der Waals surface area (Å²) in [6.45, 7) is -3.14. The van der Waals surface area contributed by atoms with Gasteiger partial charge in [0.15, 0.2) is 0 Å². The summed E-state index contributed by atoms with van der Waals surface area (Å²) in [5.74, 6) is -3.04. The third kappa shape index (κ3) is 4.42. The minimum Gasteiger partial charge on any atom is -0.407 e. The van der Waals surface area contributed by atoms with Gasteiger partial charge in [-0.25, -0.2) is 9.37 Å². The molecule has 0 spiro atoms. The molecule has 4 rings (SSSR count). The van der Waals surface area contributed by atoms with Crippen LogP contribution >= 0.6 is 0 Å². The van der Waals surface area contributed by atoms with Crippen molar-refractivity contribution in [3.8, 4) is 0 Å². The summed E-state index contributed by atoms with van der Waals surface area (Å²) in [4.78, 5) is 39.8. The maximum Gasteiger partial charge on any atom is 0.321 e. The van der Waals surface area contributed by atoms with Gasteiger partial charge >= 0.3 is 12.6 Å². The van der Waals surface area contributed by atoms with Gasteiger partial charge in [-0.1, -0.05) is 6.07 Å². The summed E-state index contributed by atoms with van der Waals surface area (Å²) >= 11 is 0. The molecule has 0 radical (unpaired) electrons. The van der Waals surface area contributed by atoms with Gasteiger partial charge in [-0.3, -0.25) is 29.4 Å². The molecule has 33 heavy (non-hydrogen) atoms. The maximum atomic E-state index is 14.7. The highest BCUT2D eigenvalue weighted by Crippen LogP contribution is 2.36. The van der Waals surface area contributed by atoms with Crippen molar-refractivity contribution < 1.29 is 22.4 Å². The number of amides is 1. The molecule has 0 saturated heterocycles. The number of nitrogen functional groups attached to an aromatic ring is 1. The zero-order valence-electron chi connectivity index (χ0n) is 16.5. The third-order valence-corrected chi connectivity index (χ3v) is 4.54. The van der Waals surface area contributed by atoms with Gasteiger partial charge in [-0.05, 0) is 17.7 Å². The molecule has 4 aromatic heterocycles. The van der Waals surface area contributed by atoms with E-state index in [9.17, 15) is 22.8 Å². The van der Waals surface area contributed by atoms with Gasteiger partial charge < -0.3 is 10.2 Å². The van der Waals surface area contributed by atoms with Crippen LogP contribution < -0.4 is 16.6 Å². The summed E-state index contributed by atoms with van der Waals surface area (Å²) < 4.78 is 46.7. The molecule has 0 fully saturated rings. The molecular formula is C20H14F3N7O3. The largest absolute Gasteiger partial charge is 0.407 e. The van der Waals surface area contributed by atoms with Crippen molar-refractivity contribution in [1.82, 2.24) is 24.5 Å². The highest BCUT2D eigenvalue weighted by atomic mass is 19.3. The number of carbonyl (C=O) groups excluding carboxylic acids is 1. The van der Waals surface area contributed by atoms with E-state index in [0.29, 0.717) is 0 Å². The number of nitrogens with one attached hydrogen (secondary N) is 1. The smallest absolute Gasteiger partial charge is 0.321 e. The molecule has 4 heterocycles. The van der Waals surface area contributed by atoms with E-state index in [0.717, 1.165) is 18.3 Å². The summed E-state index contributed by atoms with van der Waals surface area (Å²) in [6.07, 6.45) is 6.05. The first-order valence-corrected chi connectivity index (χ1v) is 9.29. The van der Waals surface area contributed by atoms with Gasteiger partial charge in [0.1, 0.15) is 17.2 Å². The fourth-order valence-electron chi connectivity index (χ4n) is 3.08. The molecule has 13 heteroatoms. The van der Waals surface area contributed by atoms with Crippen LogP contribution in [0.25, 0.3) is 0 Å². The molecule has 0 aromatic carbocycles. The van der Waals surface area contributed by atoms with Crippen molar-refractivity contribution in [1.29, 1.82) is 0 Å². The van der Waals surface area contributed by atoms with Crippen LogP contribution in [0.1, 0.15) is 39.9 Å². The summed E-state index contributed by atoms with van der Waals surface area (Å²) in [6, 6.07) is 4.25. The Hall–Kier alpha value is -4.55. The second-order valence-electron chi connectivity index (χ2n) is 6.60. The van der Waals surface area contributed by atoms with E-state index in [1.54, 1.807) is 0 Å². The van der Waals surface area contributed by atoms with Crippen LogP contribution in [-0.4, -0.2) is 30.4 Å². The van der Waals surface area contributed by atoms with E-state index < -0.39 is 29.8 Å². The molecule has 10 nitrogen and oxygen atoms in total. The van der Waals surface area contributed by atoms with E-state index in [4.69, 9.17) is 10.2 Å². The molecule has 1 atom stereocenters. The molecular weight excluding hydrogens is 443 g/mol. The van der Waals surface area contributed by atoms with Gasteiger partial charge in [-0.15, -0.1) is 0 Å². The normalized spacial score (nSPS) is 12.0. The second-order valence-corrected chi connectivity index (χ2v) is 6.60. The van der Waals surface area contributed by atoms with E-state index in [-0.39, 0.29) is 39.1 Å². The molecule has 168 valence electrons. The van der Waals surface area contributed by atoms with Crippen LogP contribution in [0.3, 0.4) is 0 Å². The number of rotatable bonds is 6. The Labute approximate surface area is 183 Å². The SMILES string of the molecule is Nc1oc(NC(=O)c2cnccn2)nc1C(c1ccc(=O)n(C(F)F)c1)c1ncccc1F.